The van der Waals surface area contributed by atoms with Gasteiger partial charge in [0, 0.05) is 49.8 Å². The van der Waals surface area contributed by atoms with Crippen molar-refractivity contribution < 1.29 is 9.53 Å². The van der Waals surface area contributed by atoms with E-state index in [1.54, 1.807) is 4.68 Å². The van der Waals surface area contributed by atoms with Crippen molar-refractivity contribution in [2.24, 2.45) is 7.05 Å². The lowest BCUT2D eigenvalue weighted by molar-refractivity contribution is 0.0651. The number of nitrogens with zero attached hydrogens (tertiary/aromatic N) is 5. The average molecular weight is 427 g/mol. The van der Waals surface area contributed by atoms with Crippen molar-refractivity contribution in [2.75, 3.05) is 44.3 Å². The number of anilines is 1. The van der Waals surface area contributed by atoms with Crippen molar-refractivity contribution in [1.82, 2.24) is 24.6 Å². The van der Waals surface area contributed by atoms with Crippen LogP contribution in [0.2, 0.25) is 0 Å². The average Bonchev–Trinajstić information content (AvgIpc) is 3.25. The molecule has 1 N–H and O–H groups in total. The summed E-state index contributed by atoms with van der Waals surface area (Å²) >= 11 is 0. The van der Waals surface area contributed by atoms with Crippen molar-refractivity contribution >= 4 is 11.9 Å². The lowest BCUT2D eigenvalue weighted by Crippen LogP contribution is -2.45. The standard InChI is InChI=1S/C22H30N6O3/c1-14-15(2)25-26(3)17(14)20(30)27-8-6-22(7-9-27)5-4-16-18(22)23-21(24-19(16)29)28-10-12-31-13-11-28/h4-13H2,1-3H3,(H,23,24,29). The number of ether oxygens (including phenoxy) is 1. The van der Waals surface area contributed by atoms with Gasteiger partial charge in [-0.05, 0) is 39.5 Å². The summed E-state index contributed by atoms with van der Waals surface area (Å²) in [6, 6.07) is 0. The number of carbonyl (C=O) groups excluding carboxylic acids is 1. The Labute approximate surface area is 181 Å². The van der Waals surface area contributed by atoms with E-state index >= 15 is 0 Å². The van der Waals surface area contributed by atoms with E-state index in [2.05, 4.69) is 15.0 Å². The van der Waals surface area contributed by atoms with Crippen LogP contribution in [0.5, 0.6) is 0 Å². The molecule has 31 heavy (non-hydrogen) atoms. The second kappa shape index (κ2) is 7.47. The SMILES string of the molecule is Cc1nn(C)c(C(=O)N2CCC3(CCc4c3nc(N3CCOCC3)[nH]c4=O)CC2)c1C. The quantitative estimate of drug-likeness (QED) is 0.772. The summed E-state index contributed by atoms with van der Waals surface area (Å²) in [6.07, 6.45) is 3.35. The number of likely N-dealkylation sites (tertiary alicyclic amines) is 1. The monoisotopic (exact) mass is 426 g/mol. The molecule has 1 spiro atoms. The molecule has 166 valence electrons. The largest absolute Gasteiger partial charge is 0.378 e. The zero-order chi connectivity index (χ0) is 21.8. The second-order valence-electron chi connectivity index (χ2n) is 9.07. The molecule has 5 rings (SSSR count). The van der Waals surface area contributed by atoms with Gasteiger partial charge in [0.1, 0.15) is 5.69 Å². The summed E-state index contributed by atoms with van der Waals surface area (Å²) in [7, 11) is 1.83. The van der Waals surface area contributed by atoms with E-state index in [0.717, 1.165) is 61.3 Å². The molecule has 0 bridgehead atoms. The van der Waals surface area contributed by atoms with Gasteiger partial charge in [-0.3, -0.25) is 19.3 Å². The molecule has 0 saturated carbocycles. The van der Waals surface area contributed by atoms with Gasteiger partial charge in [-0.15, -0.1) is 0 Å². The second-order valence-corrected chi connectivity index (χ2v) is 9.07. The predicted octanol–water partition coefficient (Wildman–Crippen LogP) is 1.08. The number of rotatable bonds is 2. The topological polar surface area (TPSA) is 96.3 Å². The fourth-order valence-corrected chi connectivity index (χ4v) is 5.40. The number of H-pyrrole nitrogens is 1. The first-order valence-electron chi connectivity index (χ1n) is 11.2. The van der Waals surface area contributed by atoms with Gasteiger partial charge in [0.15, 0.2) is 0 Å². The van der Waals surface area contributed by atoms with E-state index in [4.69, 9.17) is 9.72 Å². The van der Waals surface area contributed by atoms with Crippen LogP contribution in [0.3, 0.4) is 0 Å². The molecule has 0 aromatic carbocycles. The molecule has 1 amide bonds. The van der Waals surface area contributed by atoms with Crippen LogP contribution in [0.25, 0.3) is 0 Å². The van der Waals surface area contributed by atoms with Crippen LogP contribution >= 0.6 is 0 Å². The highest BCUT2D eigenvalue weighted by molar-refractivity contribution is 5.94. The van der Waals surface area contributed by atoms with Gasteiger partial charge in [-0.25, -0.2) is 4.98 Å². The maximum atomic E-state index is 13.2. The van der Waals surface area contributed by atoms with Crippen LogP contribution in [-0.4, -0.2) is 69.9 Å². The first-order valence-corrected chi connectivity index (χ1v) is 11.2. The summed E-state index contributed by atoms with van der Waals surface area (Å²) in [6.45, 7) is 8.00. The molecule has 0 radical (unpaired) electrons. The summed E-state index contributed by atoms with van der Waals surface area (Å²) in [5.41, 5.74) is 4.17. The Morgan fingerprint density at radius 2 is 1.81 bits per heavy atom. The maximum absolute atomic E-state index is 13.2. The van der Waals surface area contributed by atoms with Crippen LogP contribution in [0.15, 0.2) is 4.79 Å². The van der Waals surface area contributed by atoms with E-state index in [9.17, 15) is 9.59 Å². The summed E-state index contributed by atoms with van der Waals surface area (Å²) in [5, 5.41) is 4.40. The molecular formula is C22H30N6O3. The van der Waals surface area contributed by atoms with E-state index < -0.39 is 0 Å². The lowest BCUT2D eigenvalue weighted by Gasteiger charge is -2.39. The minimum Gasteiger partial charge on any atom is -0.378 e. The zero-order valence-electron chi connectivity index (χ0n) is 18.5. The fourth-order valence-electron chi connectivity index (χ4n) is 5.40. The fraction of sp³-hybridized carbons (Fsp3) is 0.636. The Balaban J connectivity index is 1.39. The molecule has 3 aliphatic rings. The molecule has 9 heteroatoms. The Kier molecular flexibility index (Phi) is 4.88. The normalized spacial score (nSPS) is 20.4. The highest BCUT2D eigenvalue weighted by Gasteiger charge is 2.45. The highest BCUT2D eigenvalue weighted by atomic mass is 16.5. The Morgan fingerprint density at radius 3 is 2.45 bits per heavy atom. The third-order valence-electron chi connectivity index (χ3n) is 7.40. The van der Waals surface area contributed by atoms with Gasteiger partial charge < -0.3 is 14.5 Å². The number of hydrogen-bond donors (Lipinski definition) is 1. The molecule has 2 aromatic rings. The number of fused-ring (bicyclic) bond motifs is 2. The van der Waals surface area contributed by atoms with Gasteiger partial charge in [0.05, 0.1) is 24.6 Å². The summed E-state index contributed by atoms with van der Waals surface area (Å²) in [5.74, 6) is 0.703. The van der Waals surface area contributed by atoms with Crippen LogP contribution < -0.4 is 10.5 Å². The first kappa shape index (κ1) is 20.2. The number of aromatic nitrogens is 4. The van der Waals surface area contributed by atoms with E-state index in [1.165, 1.54) is 0 Å². The van der Waals surface area contributed by atoms with Crippen LogP contribution in [0.4, 0.5) is 5.95 Å². The van der Waals surface area contributed by atoms with E-state index in [1.807, 2.05) is 25.8 Å². The Morgan fingerprint density at radius 1 is 1.10 bits per heavy atom. The van der Waals surface area contributed by atoms with Gasteiger partial charge in [0.2, 0.25) is 5.95 Å². The first-order chi connectivity index (χ1) is 14.9. The van der Waals surface area contributed by atoms with Crippen LogP contribution in [0.1, 0.15) is 52.3 Å². The molecule has 9 nitrogen and oxygen atoms in total. The van der Waals surface area contributed by atoms with Crippen LogP contribution in [-0.2, 0) is 23.6 Å². The maximum Gasteiger partial charge on any atom is 0.272 e. The molecule has 4 heterocycles. The summed E-state index contributed by atoms with van der Waals surface area (Å²) in [4.78, 5) is 38.0. The molecule has 2 aliphatic heterocycles. The zero-order valence-corrected chi connectivity index (χ0v) is 18.5. The number of amides is 1. The minimum absolute atomic E-state index is 0.0112. The number of nitrogens with one attached hydrogen (secondary N) is 1. The molecule has 1 aliphatic carbocycles. The van der Waals surface area contributed by atoms with E-state index in [0.29, 0.717) is 37.9 Å². The molecule has 0 unspecified atom stereocenters. The molecular weight excluding hydrogens is 396 g/mol. The van der Waals surface area contributed by atoms with Gasteiger partial charge >= 0.3 is 0 Å². The van der Waals surface area contributed by atoms with Crippen molar-refractivity contribution in [3.63, 3.8) is 0 Å². The lowest BCUT2D eigenvalue weighted by atomic mass is 9.76. The van der Waals surface area contributed by atoms with Crippen molar-refractivity contribution in [3.8, 4) is 0 Å². The van der Waals surface area contributed by atoms with Crippen molar-refractivity contribution in [3.05, 3.63) is 38.6 Å². The van der Waals surface area contributed by atoms with E-state index in [-0.39, 0.29) is 16.9 Å². The number of carbonyl (C=O) groups is 1. The third kappa shape index (κ3) is 3.26. The predicted molar refractivity (Wildman–Crippen MR) is 116 cm³/mol. The van der Waals surface area contributed by atoms with Gasteiger partial charge in [-0.2, -0.15) is 5.10 Å². The number of aromatic amines is 1. The number of aryl methyl sites for hydroxylation is 2. The molecule has 2 saturated heterocycles. The number of piperidine rings is 1. The smallest absolute Gasteiger partial charge is 0.272 e. The van der Waals surface area contributed by atoms with Crippen molar-refractivity contribution in [1.29, 1.82) is 0 Å². The molecule has 2 fully saturated rings. The Bertz CT molecular complexity index is 1070. The molecule has 2 aromatic heterocycles. The third-order valence-corrected chi connectivity index (χ3v) is 7.40. The molecule has 0 atom stereocenters. The Hall–Kier alpha value is -2.68. The van der Waals surface area contributed by atoms with Gasteiger partial charge in [0.25, 0.3) is 11.5 Å². The van der Waals surface area contributed by atoms with Crippen LogP contribution in [0, 0.1) is 13.8 Å². The minimum atomic E-state index is -0.112. The van der Waals surface area contributed by atoms with Crippen molar-refractivity contribution in [2.45, 2.75) is 44.9 Å². The summed E-state index contributed by atoms with van der Waals surface area (Å²) < 4.78 is 7.13. The number of hydrogen-bond acceptors (Lipinski definition) is 6. The number of morpholine rings is 1. The highest BCUT2D eigenvalue weighted by Crippen LogP contribution is 2.44. The van der Waals surface area contributed by atoms with Gasteiger partial charge in [-0.1, -0.05) is 0 Å².